The summed E-state index contributed by atoms with van der Waals surface area (Å²) in [5.41, 5.74) is -0.225. The van der Waals surface area contributed by atoms with E-state index in [4.69, 9.17) is 21.1 Å². The second-order valence-corrected chi connectivity index (χ2v) is 7.03. The van der Waals surface area contributed by atoms with E-state index in [2.05, 4.69) is 15.4 Å². The summed E-state index contributed by atoms with van der Waals surface area (Å²) in [4.78, 5) is 57.7. The van der Waals surface area contributed by atoms with Crippen molar-refractivity contribution in [3.63, 3.8) is 0 Å². The molecule has 4 amide bonds. The van der Waals surface area contributed by atoms with Gasteiger partial charge in [-0.05, 0) is 24.3 Å². The van der Waals surface area contributed by atoms with Crippen molar-refractivity contribution in [2.45, 2.75) is 0 Å². The van der Waals surface area contributed by atoms with Crippen molar-refractivity contribution >= 4 is 46.8 Å². The third-order valence-electron chi connectivity index (χ3n) is 4.22. The Kier molecular flexibility index (Phi) is 7.82. The average molecular weight is 493 g/mol. The fourth-order valence-corrected chi connectivity index (χ4v) is 2.88. The number of nitrogens with zero attached hydrogens (tertiary/aromatic N) is 1. The number of nitrogens with one attached hydrogen (secondary N) is 3. The van der Waals surface area contributed by atoms with Crippen LogP contribution in [0.4, 0.5) is 16.2 Å². The van der Waals surface area contributed by atoms with E-state index in [9.17, 15) is 29.3 Å². The maximum absolute atomic E-state index is 12.0. The third kappa shape index (κ3) is 6.56. The van der Waals surface area contributed by atoms with Crippen LogP contribution in [0.1, 0.15) is 10.4 Å². The second kappa shape index (κ2) is 11.0. The zero-order valence-electron chi connectivity index (χ0n) is 17.3. The molecule has 0 saturated heterocycles. The molecule has 3 N–H and O–H groups in total. The van der Waals surface area contributed by atoms with Crippen molar-refractivity contribution in [1.29, 1.82) is 0 Å². The molecule has 34 heavy (non-hydrogen) atoms. The summed E-state index contributed by atoms with van der Waals surface area (Å²) in [7, 11) is 0. The topological polar surface area (TPSA) is 175 Å². The summed E-state index contributed by atoms with van der Waals surface area (Å²) in [5, 5.41) is 17.3. The number of amides is 4. The molecule has 3 rings (SSSR count). The van der Waals surface area contributed by atoms with Gasteiger partial charge in [0.15, 0.2) is 18.1 Å². The number of urea groups is 1. The molecular weight excluding hydrogens is 476 g/mol. The van der Waals surface area contributed by atoms with Crippen LogP contribution in [-0.4, -0.2) is 55.1 Å². The van der Waals surface area contributed by atoms with Gasteiger partial charge in [-0.25, -0.2) is 4.79 Å². The normalized spacial score (nSPS) is 11.7. The lowest BCUT2D eigenvalue weighted by molar-refractivity contribution is -0.384. The smallest absolute Gasteiger partial charge is 0.325 e. The molecular formula is C20H17ClN4O9. The summed E-state index contributed by atoms with van der Waals surface area (Å²) in [6.07, 6.45) is 0. The van der Waals surface area contributed by atoms with Gasteiger partial charge in [0.05, 0.1) is 4.92 Å². The highest BCUT2D eigenvalue weighted by Gasteiger charge is 2.18. The number of imide groups is 1. The molecule has 0 aliphatic carbocycles. The van der Waals surface area contributed by atoms with Crippen LogP contribution < -0.4 is 25.4 Å². The summed E-state index contributed by atoms with van der Waals surface area (Å²) in [5.74, 6) is -1.71. The van der Waals surface area contributed by atoms with Gasteiger partial charge in [-0.1, -0.05) is 11.6 Å². The number of nitro groups is 1. The SMILES string of the molecule is O=C(COC(=O)CNC(=O)c1ccc(Cl)c([N+](=O)[O-])c1)NC(=O)Nc1ccc2c(c1)OCCO2. The van der Waals surface area contributed by atoms with E-state index in [0.29, 0.717) is 30.4 Å². The van der Waals surface area contributed by atoms with E-state index in [1.807, 2.05) is 5.32 Å². The molecule has 1 aliphatic rings. The lowest BCUT2D eigenvalue weighted by atomic mass is 10.2. The molecule has 178 valence electrons. The Balaban J connectivity index is 1.40. The number of hydrogen-bond acceptors (Lipinski definition) is 9. The van der Waals surface area contributed by atoms with Crippen molar-refractivity contribution in [3.8, 4) is 11.5 Å². The minimum atomic E-state index is -0.973. The Morgan fingerprint density at radius 1 is 1.06 bits per heavy atom. The number of halogens is 1. The zero-order valence-corrected chi connectivity index (χ0v) is 18.0. The van der Waals surface area contributed by atoms with Gasteiger partial charge in [0.1, 0.15) is 24.8 Å². The first kappa shape index (κ1) is 24.3. The lowest BCUT2D eigenvalue weighted by Gasteiger charge is -2.19. The zero-order chi connectivity index (χ0) is 24.7. The third-order valence-corrected chi connectivity index (χ3v) is 4.54. The number of ether oxygens (including phenoxy) is 3. The number of esters is 1. The highest BCUT2D eigenvalue weighted by Crippen LogP contribution is 2.32. The summed E-state index contributed by atoms with van der Waals surface area (Å²) >= 11 is 5.68. The molecule has 13 nitrogen and oxygen atoms in total. The van der Waals surface area contributed by atoms with E-state index in [0.717, 1.165) is 6.07 Å². The number of benzene rings is 2. The van der Waals surface area contributed by atoms with Crippen LogP contribution in [-0.2, 0) is 14.3 Å². The van der Waals surface area contributed by atoms with Crippen LogP contribution in [0.25, 0.3) is 0 Å². The van der Waals surface area contributed by atoms with Gasteiger partial charge in [-0.15, -0.1) is 0 Å². The molecule has 1 aliphatic heterocycles. The highest BCUT2D eigenvalue weighted by atomic mass is 35.5. The monoisotopic (exact) mass is 492 g/mol. The average Bonchev–Trinajstić information content (AvgIpc) is 2.81. The van der Waals surface area contributed by atoms with Crippen molar-refractivity contribution < 1.29 is 38.3 Å². The first-order chi connectivity index (χ1) is 16.2. The Bertz CT molecular complexity index is 1150. The molecule has 2 aromatic carbocycles. The summed E-state index contributed by atoms with van der Waals surface area (Å²) < 4.78 is 15.4. The molecule has 14 heteroatoms. The first-order valence-electron chi connectivity index (χ1n) is 9.61. The second-order valence-electron chi connectivity index (χ2n) is 6.63. The molecule has 2 aromatic rings. The minimum Gasteiger partial charge on any atom is -0.486 e. The molecule has 0 spiro atoms. The predicted molar refractivity (Wildman–Crippen MR) is 116 cm³/mol. The van der Waals surface area contributed by atoms with Crippen molar-refractivity contribution in [1.82, 2.24) is 10.6 Å². The number of nitro benzene ring substituents is 1. The van der Waals surface area contributed by atoms with Crippen LogP contribution in [0.2, 0.25) is 5.02 Å². The van der Waals surface area contributed by atoms with E-state index in [1.54, 1.807) is 12.1 Å². The largest absolute Gasteiger partial charge is 0.486 e. The minimum absolute atomic E-state index is 0.0996. The molecule has 0 fully saturated rings. The number of hydrogen-bond donors (Lipinski definition) is 3. The lowest BCUT2D eigenvalue weighted by Crippen LogP contribution is -2.38. The van der Waals surface area contributed by atoms with E-state index in [-0.39, 0.29) is 10.6 Å². The van der Waals surface area contributed by atoms with Gasteiger partial charge in [-0.2, -0.15) is 0 Å². The van der Waals surface area contributed by atoms with E-state index < -0.39 is 47.6 Å². The molecule has 0 unspecified atom stereocenters. The maximum Gasteiger partial charge on any atom is 0.325 e. The van der Waals surface area contributed by atoms with Gasteiger partial charge >= 0.3 is 12.0 Å². The van der Waals surface area contributed by atoms with Gasteiger partial charge < -0.3 is 24.8 Å². The predicted octanol–water partition coefficient (Wildman–Crippen LogP) is 1.64. The number of fused-ring (bicyclic) bond motifs is 1. The molecule has 0 aromatic heterocycles. The van der Waals surface area contributed by atoms with Crippen molar-refractivity contribution in [2.75, 3.05) is 31.7 Å². The highest BCUT2D eigenvalue weighted by molar-refractivity contribution is 6.32. The van der Waals surface area contributed by atoms with Crippen LogP contribution >= 0.6 is 11.6 Å². The van der Waals surface area contributed by atoms with Crippen LogP contribution in [0, 0.1) is 10.1 Å². The van der Waals surface area contributed by atoms with Gasteiger partial charge in [0, 0.05) is 23.4 Å². The van der Waals surface area contributed by atoms with Crippen LogP contribution in [0.5, 0.6) is 11.5 Å². The first-order valence-corrected chi connectivity index (χ1v) is 9.99. The number of rotatable bonds is 7. The van der Waals surface area contributed by atoms with Crippen molar-refractivity contribution in [3.05, 3.63) is 57.1 Å². The van der Waals surface area contributed by atoms with Crippen LogP contribution in [0.3, 0.4) is 0 Å². The standard InChI is InChI=1S/C20H17ClN4O9/c21-13-3-1-11(7-14(13)25(30)31)19(28)22-9-18(27)34-10-17(26)24-20(29)23-12-2-4-15-16(8-12)33-6-5-32-15/h1-4,7-8H,5-6,9-10H2,(H,22,28)(H2,23,24,26,29). The molecule has 0 saturated carbocycles. The fraction of sp³-hybridized carbons (Fsp3) is 0.200. The van der Waals surface area contributed by atoms with Crippen molar-refractivity contribution in [2.24, 2.45) is 0 Å². The summed E-state index contributed by atoms with van der Waals surface area (Å²) in [6.45, 7) is -0.616. The quantitative estimate of drug-likeness (QED) is 0.294. The Hall–Kier alpha value is -4.39. The molecule has 1 heterocycles. The van der Waals surface area contributed by atoms with Gasteiger partial charge in [0.2, 0.25) is 0 Å². The Morgan fingerprint density at radius 3 is 2.53 bits per heavy atom. The molecule has 0 bridgehead atoms. The number of carbonyl (C=O) groups is 4. The molecule has 0 radical (unpaired) electrons. The number of carbonyl (C=O) groups excluding carboxylic acids is 4. The maximum atomic E-state index is 12.0. The van der Waals surface area contributed by atoms with Gasteiger partial charge in [0.25, 0.3) is 17.5 Å². The summed E-state index contributed by atoms with van der Waals surface area (Å²) in [6, 6.07) is 7.18. The van der Waals surface area contributed by atoms with Gasteiger partial charge in [-0.3, -0.25) is 29.8 Å². The van der Waals surface area contributed by atoms with E-state index in [1.165, 1.54) is 18.2 Å². The fourth-order valence-electron chi connectivity index (χ4n) is 2.69. The van der Waals surface area contributed by atoms with E-state index >= 15 is 0 Å². The molecule has 0 atom stereocenters. The van der Waals surface area contributed by atoms with Crippen LogP contribution in [0.15, 0.2) is 36.4 Å². The Labute approximate surface area is 196 Å². The Morgan fingerprint density at radius 2 is 1.79 bits per heavy atom. The number of anilines is 1.